The molecule has 2 aromatic rings. The maximum absolute atomic E-state index is 11.8. The summed E-state index contributed by atoms with van der Waals surface area (Å²) in [6, 6.07) is 8.33. The van der Waals surface area contributed by atoms with Crippen molar-refractivity contribution in [2.75, 3.05) is 7.11 Å². The second kappa shape index (κ2) is 6.21. The molecule has 2 N–H and O–H groups in total. The topological polar surface area (TPSA) is 75.6 Å². The minimum absolute atomic E-state index is 0.0790. The van der Waals surface area contributed by atoms with Crippen molar-refractivity contribution in [2.45, 2.75) is 6.54 Å². The molecule has 104 valence electrons. The van der Waals surface area contributed by atoms with Gasteiger partial charge in [0.2, 0.25) is 0 Å². The highest BCUT2D eigenvalue weighted by Crippen LogP contribution is 2.20. The van der Waals surface area contributed by atoms with Gasteiger partial charge < -0.3 is 15.2 Å². The zero-order chi connectivity index (χ0) is 14.5. The fraction of sp³-hybridized carbons (Fsp3) is 0.143. The van der Waals surface area contributed by atoms with Gasteiger partial charge in [0, 0.05) is 6.54 Å². The van der Waals surface area contributed by atoms with Crippen LogP contribution in [0.4, 0.5) is 0 Å². The number of hydrogen-bond donors (Lipinski definition) is 2. The number of methoxy groups -OCH3 is 1. The second-order valence-corrected chi connectivity index (χ2v) is 4.95. The van der Waals surface area contributed by atoms with Gasteiger partial charge in [-0.25, -0.2) is 4.79 Å². The van der Waals surface area contributed by atoms with Crippen molar-refractivity contribution in [1.82, 2.24) is 5.32 Å². The molecule has 20 heavy (non-hydrogen) atoms. The van der Waals surface area contributed by atoms with Crippen molar-refractivity contribution in [2.24, 2.45) is 0 Å². The lowest BCUT2D eigenvalue weighted by Crippen LogP contribution is -2.21. The van der Waals surface area contributed by atoms with E-state index in [-0.39, 0.29) is 18.0 Å². The predicted molar refractivity (Wildman–Crippen MR) is 75.4 cm³/mol. The van der Waals surface area contributed by atoms with E-state index in [1.807, 2.05) is 5.38 Å². The molecule has 0 fully saturated rings. The van der Waals surface area contributed by atoms with Crippen LogP contribution >= 0.6 is 11.3 Å². The van der Waals surface area contributed by atoms with Crippen molar-refractivity contribution in [3.05, 3.63) is 51.7 Å². The Hall–Kier alpha value is -2.34. The molecule has 0 radical (unpaired) electrons. The summed E-state index contributed by atoms with van der Waals surface area (Å²) < 4.78 is 4.98. The molecule has 0 saturated carbocycles. The SMILES string of the molecule is COc1ccc(CNC(=O)c2cccs2)cc1C(=O)O. The number of carboxylic acid groups (broad SMARTS) is 1. The Morgan fingerprint density at radius 3 is 2.75 bits per heavy atom. The van der Waals surface area contributed by atoms with Crippen LogP contribution in [0, 0.1) is 0 Å². The van der Waals surface area contributed by atoms with Crippen LogP contribution < -0.4 is 10.1 Å². The first kappa shape index (κ1) is 14.1. The molecule has 2 rings (SSSR count). The van der Waals surface area contributed by atoms with Crippen molar-refractivity contribution in [3.8, 4) is 5.75 Å². The zero-order valence-corrected chi connectivity index (χ0v) is 11.6. The van der Waals surface area contributed by atoms with E-state index in [2.05, 4.69) is 5.32 Å². The van der Waals surface area contributed by atoms with E-state index in [1.54, 1.807) is 24.3 Å². The van der Waals surface area contributed by atoms with E-state index in [1.165, 1.54) is 24.5 Å². The van der Waals surface area contributed by atoms with Gasteiger partial charge in [-0.2, -0.15) is 0 Å². The van der Waals surface area contributed by atoms with E-state index in [0.717, 1.165) is 0 Å². The number of ether oxygens (including phenoxy) is 1. The molecule has 1 heterocycles. The van der Waals surface area contributed by atoms with E-state index in [0.29, 0.717) is 16.2 Å². The summed E-state index contributed by atoms with van der Waals surface area (Å²) in [4.78, 5) is 23.5. The molecule has 0 aliphatic rings. The highest BCUT2D eigenvalue weighted by Gasteiger charge is 2.12. The van der Waals surface area contributed by atoms with Crippen LogP contribution in [0.15, 0.2) is 35.7 Å². The number of hydrogen-bond acceptors (Lipinski definition) is 4. The highest BCUT2D eigenvalue weighted by atomic mass is 32.1. The Bertz CT molecular complexity index is 622. The largest absolute Gasteiger partial charge is 0.496 e. The molecule has 5 nitrogen and oxygen atoms in total. The van der Waals surface area contributed by atoms with Crippen LogP contribution in [0.25, 0.3) is 0 Å². The fourth-order valence-corrected chi connectivity index (χ4v) is 2.35. The average molecular weight is 291 g/mol. The lowest BCUT2D eigenvalue weighted by atomic mass is 10.1. The van der Waals surface area contributed by atoms with E-state index < -0.39 is 5.97 Å². The van der Waals surface area contributed by atoms with E-state index in [9.17, 15) is 9.59 Å². The van der Waals surface area contributed by atoms with Gasteiger partial charge in [-0.1, -0.05) is 12.1 Å². The third kappa shape index (κ3) is 3.16. The van der Waals surface area contributed by atoms with Crippen LogP contribution in [-0.4, -0.2) is 24.1 Å². The van der Waals surface area contributed by atoms with Crippen LogP contribution in [0.5, 0.6) is 5.75 Å². The number of nitrogens with one attached hydrogen (secondary N) is 1. The van der Waals surface area contributed by atoms with Crippen LogP contribution in [-0.2, 0) is 6.54 Å². The Kier molecular flexibility index (Phi) is 4.37. The van der Waals surface area contributed by atoms with Crippen molar-refractivity contribution >= 4 is 23.2 Å². The Labute approximate surface area is 119 Å². The Morgan fingerprint density at radius 1 is 1.35 bits per heavy atom. The maximum atomic E-state index is 11.8. The molecular weight excluding hydrogens is 278 g/mol. The monoisotopic (exact) mass is 291 g/mol. The molecule has 1 aromatic carbocycles. The molecule has 6 heteroatoms. The predicted octanol–water partition coefficient (Wildman–Crippen LogP) is 2.38. The minimum atomic E-state index is -1.06. The van der Waals surface area contributed by atoms with Crippen LogP contribution in [0.2, 0.25) is 0 Å². The normalized spacial score (nSPS) is 10.1. The first-order valence-corrected chi connectivity index (χ1v) is 6.71. The lowest BCUT2D eigenvalue weighted by molar-refractivity contribution is 0.0693. The average Bonchev–Trinajstić information content (AvgIpc) is 2.98. The Morgan fingerprint density at radius 2 is 2.15 bits per heavy atom. The van der Waals surface area contributed by atoms with Gasteiger partial charge in [-0.15, -0.1) is 11.3 Å². The van der Waals surface area contributed by atoms with Gasteiger partial charge in [0.25, 0.3) is 5.91 Å². The summed E-state index contributed by atoms with van der Waals surface area (Å²) in [5.41, 5.74) is 0.781. The van der Waals surface area contributed by atoms with Crippen LogP contribution in [0.3, 0.4) is 0 Å². The number of benzene rings is 1. The summed E-state index contributed by atoms with van der Waals surface area (Å²) in [6.07, 6.45) is 0. The van der Waals surface area contributed by atoms with Gasteiger partial charge in [-0.3, -0.25) is 4.79 Å². The third-order valence-corrected chi connectivity index (χ3v) is 3.56. The highest BCUT2D eigenvalue weighted by molar-refractivity contribution is 7.12. The molecule has 1 amide bonds. The van der Waals surface area contributed by atoms with Gasteiger partial charge in [0.05, 0.1) is 12.0 Å². The van der Waals surface area contributed by atoms with Crippen molar-refractivity contribution < 1.29 is 19.4 Å². The van der Waals surface area contributed by atoms with E-state index >= 15 is 0 Å². The van der Waals surface area contributed by atoms with Crippen LogP contribution in [0.1, 0.15) is 25.6 Å². The number of carboxylic acids is 1. The third-order valence-electron chi connectivity index (χ3n) is 2.69. The summed E-state index contributed by atoms with van der Waals surface area (Å²) >= 11 is 1.35. The summed E-state index contributed by atoms with van der Waals surface area (Å²) in [6.45, 7) is 0.265. The first-order chi connectivity index (χ1) is 9.61. The summed E-state index contributed by atoms with van der Waals surface area (Å²) in [5, 5.41) is 13.7. The number of thiophene rings is 1. The number of rotatable bonds is 5. The molecule has 0 unspecified atom stereocenters. The summed E-state index contributed by atoms with van der Waals surface area (Å²) in [5.74, 6) is -0.938. The number of amides is 1. The molecule has 0 saturated heterocycles. The van der Waals surface area contributed by atoms with Gasteiger partial charge in [0.15, 0.2) is 0 Å². The van der Waals surface area contributed by atoms with Gasteiger partial charge in [-0.05, 0) is 29.1 Å². The first-order valence-electron chi connectivity index (χ1n) is 5.83. The zero-order valence-electron chi connectivity index (χ0n) is 10.8. The second-order valence-electron chi connectivity index (χ2n) is 4.00. The summed E-state index contributed by atoms with van der Waals surface area (Å²) in [7, 11) is 1.42. The molecule has 0 bridgehead atoms. The van der Waals surface area contributed by atoms with E-state index in [4.69, 9.17) is 9.84 Å². The lowest BCUT2D eigenvalue weighted by Gasteiger charge is -2.08. The number of aromatic carboxylic acids is 1. The standard InChI is InChI=1S/C14H13NO4S/c1-19-11-5-4-9(7-10(11)14(17)18)8-15-13(16)12-3-2-6-20-12/h2-7H,8H2,1H3,(H,15,16)(H,17,18). The molecule has 0 spiro atoms. The minimum Gasteiger partial charge on any atom is -0.496 e. The molecule has 1 aromatic heterocycles. The number of carbonyl (C=O) groups is 2. The molecule has 0 aliphatic heterocycles. The van der Waals surface area contributed by atoms with Crippen molar-refractivity contribution in [1.29, 1.82) is 0 Å². The van der Waals surface area contributed by atoms with Crippen molar-refractivity contribution in [3.63, 3.8) is 0 Å². The quantitative estimate of drug-likeness (QED) is 0.887. The molecular formula is C14H13NO4S. The maximum Gasteiger partial charge on any atom is 0.339 e. The van der Waals surface area contributed by atoms with Gasteiger partial charge in [0.1, 0.15) is 11.3 Å². The smallest absolute Gasteiger partial charge is 0.339 e. The van der Waals surface area contributed by atoms with Gasteiger partial charge >= 0.3 is 5.97 Å². The Balaban J connectivity index is 2.08. The fourth-order valence-electron chi connectivity index (χ4n) is 1.71. The molecule has 0 aliphatic carbocycles. The number of carbonyl (C=O) groups excluding carboxylic acids is 1. The molecule has 0 atom stereocenters.